The Balaban J connectivity index is 2.18. The van der Waals surface area contributed by atoms with E-state index in [0.29, 0.717) is 29.2 Å². The summed E-state index contributed by atoms with van der Waals surface area (Å²) >= 11 is 7.32. The van der Waals surface area contributed by atoms with E-state index in [1.807, 2.05) is 0 Å². The first-order valence-electron chi connectivity index (χ1n) is 9.10. The molecule has 0 aliphatic heterocycles. The van der Waals surface area contributed by atoms with Gasteiger partial charge >= 0.3 is 0 Å². The molecular weight excluding hydrogens is 506 g/mol. The molecule has 0 fully saturated rings. The Labute approximate surface area is 186 Å². The van der Waals surface area contributed by atoms with Crippen molar-refractivity contribution in [1.29, 1.82) is 0 Å². The Hall–Kier alpha value is -2.07. The average molecular weight is 529 g/mol. The van der Waals surface area contributed by atoms with Gasteiger partial charge in [-0.1, -0.05) is 13.3 Å². The fourth-order valence-electron chi connectivity index (χ4n) is 3.20. The molecule has 0 atom stereocenters. The van der Waals surface area contributed by atoms with Crippen LogP contribution in [0.5, 0.6) is 17.2 Å². The van der Waals surface area contributed by atoms with Crippen LogP contribution in [0.2, 0.25) is 0 Å². The maximum Gasteiger partial charge on any atom is 0.222 e. The number of fused-ring (bicyclic) bond motifs is 1. The number of benzene rings is 1. The normalized spacial score (nSPS) is 11.1. The van der Waals surface area contributed by atoms with Gasteiger partial charge in [-0.2, -0.15) is 4.98 Å². The number of ether oxygens (including phenoxy) is 3. The number of hydrogen-bond acceptors (Lipinski definition) is 7. The van der Waals surface area contributed by atoms with E-state index in [-0.39, 0.29) is 5.95 Å². The lowest BCUT2D eigenvalue weighted by atomic mass is 10.1. The molecule has 1 aromatic carbocycles. The van der Waals surface area contributed by atoms with Gasteiger partial charge in [0.15, 0.2) is 17.1 Å². The third-order valence-corrected chi connectivity index (χ3v) is 6.29. The zero-order chi connectivity index (χ0) is 21.1. The van der Waals surface area contributed by atoms with E-state index in [2.05, 4.69) is 53.3 Å². The van der Waals surface area contributed by atoms with Gasteiger partial charge in [-0.25, -0.2) is 9.97 Å². The molecule has 0 aliphatic rings. The fraction of sp³-hybridized carbons (Fsp3) is 0.421. The predicted octanol–water partition coefficient (Wildman–Crippen LogP) is 4.35. The van der Waals surface area contributed by atoms with Crippen molar-refractivity contribution in [1.82, 2.24) is 19.5 Å². The zero-order valence-corrected chi connectivity index (χ0v) is 19.9. The molecule has 0 saturated heterocycles. The summed E-state index contributed by atoms with van der Waals surface area (Å²) < 4.78 is 20.3. The van der Waals surface area contributed by atoms with Crippen molar-refractivity contribution in [3.8, 4) is 17.2 Å². The molecule has 2 aromatic heterocycles. The highest BCUT2D eigenvalue weighted by Gasteiger charge is 2.26. The molecule has 0 amide bonds. The third kappa shape index (κ3) is 4.00. The SMILES string of the molecule is CCCCn1c(Cc2c(Br)c(OC)c(OC)c(OC)c2Br)nc2cnc(N)nc21. The molecule has 0 aliphatic carbocycles. The third-order valence-electron chi connectivity index (χ3n) is 4.61. The topological polar surface area (TPSA) is 97.3 Å². The summed E-state index contributed by atoms with van der Waals surface area (Å²) in [7, 11) is 4.76. The zero-order valence-electron chi connectivity index (χ0n) is 16.8. The number of rotatable bonds is 8. The minimum Gasteiger partial charge on any atom is -0.492 e. The number of methoxy groups -OCH3 is 3. The van der Waals surface area contributed by atoms with E-state index in [4.69, 9.17) is 24.9 Å². The second-order valence-corrected chi connectivity index (χ2v) is 7.94. The molecule has 0 spiro atoms. The number of nitrogen functional groups attached to an aromatic ring is 1. The van der Waals surface area contributed by atoms with Crippen molar-refractivity contribution in [3.63, 3.8) is 0 Å². The Morgan fingerprint density at radius 1 is 1.00 bits per heavy atom. The highest BCUT2D eigenvalue weighted by atomic mass is 79.9. The highest BCUT2D eigenvalue weighted by molar-refractivity contribution is 9.11. The van der Waals surface area contributed by atoms with Gasteiger partial charge in [0.05, 0.1) is 36.5 Å². The Kier molecular flexibility index (Phi) is 6.84. The lowest BCUT2D eigenvalue weighted by Gasteiger charge is -2.19. The van der Waals surface area contributed by atoms with Crippen LogP contribution in [-0.2, 0) is 13.0 Å². The summed E-state index contributed by atoms with van der Waals surface area (Å²) in [5.41, 5.74) is 8.19. The number of unbranched alkanes of at least 4 members (excludes halogenated alkanes) is 1. The Morgan fingerprint density at radius 3 is 2.17 bits per heavy atom. The number of aryl methyl sites for hydroxylation is 1. The van der Waals surface area contributed by atoms with E-state index in [0.717, 1.165) is 45.4 Å². The van der Waals surface area contributed by atoms with Gasteiger partial charge in [0.1, 0.15) is 11.3 Å². The number of aromatic nitrogens is 4. The van der Waals surface area contributed by atoms with Crippen molar-refractivity contribution in [2.75, 3.05) is 27.1 Å². The molecule has 3 rings (SSSR count). The van der Waals surface area contributed by atoms with Crippen molar-refractivity contribution in [2.45, 2.75) is 32.7 Å². The van der Waals surface area contributed by atoms with Crippen LogP contribution in [0.3, 0.4) is 0 Å². The van der Waals surface area contributed by atoms with Gasteiger partial charge in [0, 0.05) is 13.0 Å². The van der Waals surface area contributed by atoms with E-state index < -0.39 is 0 Å². The summed E-state index contributed by atoms with van der Waals surface area (Å²) in [5, 5.41) is 0. The number of nitrogens with zero attached hydrogens (tertiary/aromatic N) is 4. The van der Waals surface area contributed by atoms with E-state index in [9.17, 15) is 0 Å². The first kappa shape index (κ1) is 21.6. The molecule has 10 heteroatoms. The molecular formula is C19H23Br2N5O3. The van der Waals surface area contributed by atoms with Gasteiger partial charge < -0.3 is 24.5 Å². The first-order valence-corrected chi connectivity index (χ1v) is 10.7. The van der Waals surface area contributed by atoms with E-state index in [1.165, 1.54) is 0 Å². The summed E-state index contributed by atoms with van der Waals surface area (Å²) in [6.45, 7) is 2.94. The van der Waals surface area contributed by atoms with Gasteiger partial charge in [-0.3, -0.25) is 0 Å². The van der Waals surface area contributed by atoms with Crippen molar-refractivity contribution in [2.24, 2.45) is 0 Å². The molecule has 0 unspecified atom stereocenters. The van der Waals surface area contributed by atoms with Crippen LogP contribution < -0.4 is 19.9 Å². The number of anilines is 1. The number of nitrogens with two attached hydrogens (primary N) is 1. The maximum atomic E-state index is 5.81. The van der Waals surface area contributed by atoms with Gasteiger partial charge in [0.25, 0.3) is 0 Å². The van der Waals surface area contributed by atoms with Crippen LogP contribution in [0.4, 0.5) is 5.95 Å². The molecule has 8 nitrogen and oxygen atoms in total. The minimum absolute atomic E-state index is 0.233. The maximum absolute atomic E-state index is 5.81. The van der Waals surface area contributed by atoms with E-state index in [1.54, 1.807) is 27.5 Å². The molecule has 0 radical (unpaired) electrons. The van der Waals surface area contributed by atoms with Crippen LogP contribution in [-0.4, -0.2) is 40.8 Å². The lowest BCUT2D eigenvalue weighted by molar-refractivity contribution is 0.321. The van der Waals surface area contributed by atoms with Gasteiger partial charge in [-0.15, -0.1) is 0 Å². The predicted molar refractivity (Wildman–Crippen MR) is 119 cm³/mol. The fourth-order valence-corrected chi connectivity index (χ4v) is 4.83. The van der Waals surface area contributed by atoms with E-state index >= 15 is 0 Å². The lowest BCUT2D eigenvalue weighted by Crippen LogP contribution is -2.08. The van der Waals surface area contributed by atoms with Crippen molar-refractivity contribution >= 4 is 49.0 Å². The largest absolute Gasteiger partial charge is 0.492 e. The van der Waals surface area contributed by atoms with Crippen LogP contribution in [0.25, 0.3) is 11.2 Å². The highest BCUT2D eigenvalue weighted by Crippen LogP contribution is 2.50. The van der Waals surface area contributed by atoms with Crippen LogP contribution in [0.1, 0.15) is 31.2 Å². The smallest absolute Gasteiger partial charge is 0.222 e. The molecule has 2 N–H and O–H groups in total. The van der Waals surface area contributed by atoms with Gasteiger partial charge in [-0.05, 0) is 43.8 Å². The van der Waals surface area contributed by atoms with Crippen LogP contribution in [0, 0.1) is 0 Å². The van der Waals surface area contributed by atoms with Gasteiger partial charge in [0.2, 0.25) is 11.7 Å². The van der Waals surface area contributed by atoms with Crippen LogP contribution in [0.15, 0.2) is 15.1 Å². The molecule has 156 valence electrons. The standard InChI is InChI=1S/C19H23Br2N5O3/c1-5-6-7-26-12(24-11-9-23-19(22)25-18(11)26)8-10-13(20)15(27-2)17(29-4)16(28-3)14(10)21/h9H,5-8H2,1-4H3,(H2,22,23,25). The molecule has 0 saturated carbocycles. The number of hydrogen-bond donors (Lipinski definition) is 1. The molecule has 0 bridgehead atoms. The first-order chi connectivity index (χ1) is 14.0. The van der Waals surface area contributed by atoms with Crippen LogP contribution >= 0.6 is 31.9 Å². The number of halogens is 2. The summed E-state index contributed by atoms with van der Waals surface area (Å²) in [4.78, 5) is 13.2. The minimum atomic E-state index is 0.233. The monoisotopic (exact) mass is 527 g/mol. The molecule has 3 aromatic rings. The Morgan fingerprint density at radius 2 is 1.62 bits per heavy atom. The molecule has 29 heavy (non-hydrogen) atoms. The average Bonchev–Trinajstić information content (AvgIpc) is 3.05. The van der Waals surface area contributed by atoms with Crippen molar-refractivity contribution < 1.29 is 14.2 Å². The number of imidazole rings is 1. The summed E-state index contributed by atoms with van der Waals surface area (Å²) in [5.74, 6) is 2.71. The second kappa shape index (κ2) is 9.17. The summed E-state index contributed by atoms with van der Waals surface area (Å²) in [6, 6.07) is 0. The second-order valence-electron chi connectivity index (χ2n) is 6.35. The quantitative estimate of drug-likeness (QED) is 0.464. The summed E-state index contributed by atoms with van der Waals surface area (Å²) in [6.07, 6.45) is 4.22. The molecule has 2 heterocycles. The Bertz CT molecular complexity index is 1010. The van der Waals surface area contributed by atoms with Crippen molar-refractivity contribution in [3.05, 3.63) is 26.5 Å².